The molecule has 7 heteroatoms. The van der Waals surface area contributed by atoms with Crippen molar-refractivity contribution in [3.8, 4) is 0 Å². The number of unbranched alkanes of at least 4 members (excludes halogenated alkanes) is 1. The van der Waals surface area contributed by atoms with Crippen molar-refractivity contribution in [2.24, 2.45) is 11.6 Å². The van der Waals surface area contributed by atoms with Crippen LogP contribution in [0.1, 0.15) is 39.0 Å². The summed E-state index contributed by atoms with van der Waals surface area (Å²) in [6.07, 6.45) is -3.65. The molecule has 0 aromatic rings. The minimum atomic E-state index is -4.20. The molecule has 0 saturated heterocycles. The van der Waals surface area contributed by atoms with Gasteiger partial charge >= 0.3 is 6.18 Å². The van der Waals surface area contributed by atoms with Crippen LogP contribution in [-0.4, -0.2) is 29.7 Å². The molecule has 0 aromatic heterocycles. The quantitative estimate of drug-likeness (QED) is 0.412. The zero-order valence-electron chi connectivity index (χ0n) is 9.96. The van der Waals surface area contributed by atoms with E-state index >= 15 is 0 Å². The van der Waals surface area contributed by atoms with Crippen LogP contribution in [0.5, 0.6) is 0 Å². The second-order valence-corrected chi connectivity index (χ2v) is 4.00. The van der Waals surface area contributed by atoms with Crippen molar-refractivity contribution in [1.82, 2.24) is 5.01 Å². The molecule has 0 aliphatic heterocycles. The lowest BCUT2D eigenvalue weighted by Gasteiger charge is -2.20. The summed E-state index contributed by atoms with van der Waals surface area (Å²) in [5.41, 5.74) is 5.48. The number of carbonyl (C=O) groups is 1. The Morgan fingerprint density at radius 1 is 1.35 bits per heavy atom. The first-order valence-corrected chi connectivity index (χ1v) is 5.66. The highest BCUT2D eigenvalue weighted by molar-refractivity contribution is 5.80. The normalized spacial score (nSPS) is 13.5. The van der Waals surface area contributed by atoms with Crippen LogP contribution in [0.2, 0.25) is 0 Å². The highest BCUT2D eigenvalue weighted by Crippen LogP contribution is 2.22. The van der Waals surface area contributed by atoms with Gasteiger partial charge in [0.15, 0.2) is 0 Å². The van der Waals surface area contributed by atoms with Crippen molar-refractivity contribution in [2.45, 2.75) is 51.2 Å². The third kappa shape index (κ3) is 7.98. The first kappa shape index (κ1) is 16.2. The number of hydrogen-bond acceptors (Lipinski definition) is 3. The van der Waals surface area contributed by atoms with Gasteiger partial charge in [-0.2, -0.15) is 13.2 Å². The summed E-state index contributed by atoms with van der Waals surface area (Å²) in [6.45, 7) is 2.32. The number of halogens is 3. The Morgan fingerprint density at radius 3 is 2.41 bits per heavy atom. The average molecular weight is 255 g/mol. The zero-order valence-corrected chi connectivity index (χ0v) is 9.96. The van der Waals surface area contributed by atoms with Crippen molar-refractivity contribution in [1.29, 1.82) is 0 Å². The summed E-state index contributed by atoms with van der Waals surface area (Å²) >= 11 is 0. The molecule has 0 spiro atoms. The van der Waals surface area contributed by atoms with E-state index in [4.69, 9.17) is 11.6 Å². The molecular weight excluding hydrogens is 235 g/mol. The molecule has 17 heavy (non-hydrogen) atoms. The maximum atomic E-state index is 11.9. The molecule has 0 saturated carbocycles. The first-order chi connectivity index (χ1) is 7.78. The first-order valence-electron chi connectivity index (χ1n) is 5.66. The van der Waals surface area contributed by atoms with Crippen LogP contribution in [0.4, 0.5) is 13.2 Å². The Bertz CT molecular complexity index is 233. The van der Waals surface area contributed by atoms with E-state index < -0.39 is 24.5 Å². The van der Waals surface area contributed by atoms with Gasteiger partial charge in [0.25, 0.3) is 5.91 Å². The van der Waals surface area contributed by atoms with Gasteiger partial charge in [0.05, 0.1) is 6.04 Å². The second kappa shape index (κ2) is 7.50. The topological polar surface area (TPSA) is 72.3 Å². The lowest BCUT2D eigenvalue weighted by Crippen LogP contribution is -2.47. The van der Waals surface area contributed by atoms with Crippen LogP contribution in [0, 0.1) is 0 Å². The lowest BCUT2D eigenvalue weighted by atomic mass is 10.1. The monoisotopic (exact) mass is 255 g/mol. The van der Waals surface area contributed by atoms with Gasteiger partial charge in [0.1, 0.15) is 0 Å². The Hall–Kier alpha value is -0.820. The molecular formula is C10H20F3N3O. The van der Waals surface area contributed by atoms with Gasteiger partial charge in [-0.25, -0.2) is 5.84 Å². The van der Waals surface area contributed by atoms with Crippen molar-refractivity contribution in [3.05, 3.63) is 0 Å². The number of nitrogens with zero attached hydrogens (tertiary/aromatic N) is 1. The summed E-state index contributed by atoms with van der Waals surface area (Å²) in [5.74, 6) is 4.94. The Morgan fingerprint density at radius 2 is 1.94 bits per heavy atom. The third-order valence-corrected chi connectivity index (χ3v) is 2.33. The maximum Gasteiger partial charge on any atom is 0.389 e. The Balaban J connectivity index is 3.89. The van der Waals surface area contributed by atoms with Gasteiger partial charge in [-0.15, -0.1) is 0 Å². The molecule has 0 heterocycles. The standard InChI is InChI=1S/C10H20F3N3O/c1-2-3-7-16(15)9(17)8(14)5-4-6-10(11,12)13/h8H,2-7,14-15H2,1H3. The summed E-state index contributed by atoms with van der Waals surface area (Å²) in [5, 5.41) is 0.988. The molecule has 102 valence electrons. The predicted octanol–water partition coefficient (Wildman–Crippen LogP) is 1.55. The Labute approximate surface area is 99.1 Å². The van der Waals surface area contributed by atoms with Crippen LogP contribution in [0.3, 0.4) is 0 Å². The number of nitrogens with two attached hydrogens (primary N) is 2. The number of alkyl halides is 3. The van der Waals surface area contributed by atoms with Gasteiger partial charge < -0.3 is 5.73 Å². The molecule has 0 aliphatic carbocycles. The van der Waals surface area contributed by atoms with E-state index in [2.05, 4.69) is 0 Å². The molecule has 0 bridgehead atoms. The average Bonchev–Trinajstić information content (AvgIpc) is 2.22. The van der Waals surface area contributed by atoms with E-state index in [0.717, 1.165) is 17.9 Å². The number of hydrazine groups is 1. The van der Waals surface area contributed by atoms with E-state index in [0.29, 0.717) is 6.54 Å². The zero-order chi connectivity index (χ0) is 13.5. The van der Waals surface area contributed by atoms with Crippen LogP contribution in [0.15, 0.2) is 0 Å². The molecule has 0 aliphatic rings. The fourth-order valence-electron chi connectivity index (χ4n) is 1.30. The summed E-state index contributed by atoms with van der Waals surface area (Å²) in [6, 6.07) is -0.945. The third-order valence-electron chi connectivity index (χ3n) is 2.33. The van der Waals surface area contributed by atoms with Crippen LogP contribution < -0.4 is 11.6 Å². The minimum Gasteiger partial charge on any atom is -0.320 e. The highest BCUT2D eigenvalue weighted by atomic mass is 19.4. The molecule has 4 N–H and O–H groups in total. The fraction of sp³-hybridized carbons (Fsp3) is 0.900. The number of amides is 1. The molecule has 4 nitrogen and oxygen atoms in total. The molecule has 0 fully saturated rings. The summed E-state index contributed by atoms with van der Waals surface area (Å²) in [7, 11) is 0. The van der Waals surface area contributed by atoms with Crippen molar-refractivity contribution in [3.63, 3.8) is 0 Å². The van der Waals surface area contributed by atoms with Gasteiger partial charge in [-0.05, 0) is 19.3 Å². The molecule has 0 radical (unpaired) electrons. The largest absolute Gasteiger partial charge is 0.389 e. The SMILES string of the molecule is CCCCN(N)C(=O)C(N)CCCC(F)(F)F. The molecule has 0 rings (SSSR count). The smallest absolute Gasteiger partial charge is 0.320 e. The van der Waals surface area contributed by atoms with E-state index in [1.165, 1.54) is 0 Å². The summed E-state index contributed by atoms with van der Waals surface area (Å²) in [4.78, 5) is 11.5. The van der Waals surface area contributed by atoms with Crippen LogP contribution in [-0.2, 0) is 4.79 Å². The maximum absolute atomic E-state index is 11.9. The molecule has 1 unspecified atom stereocenters. The van der Waals surface area contributed by atoms with Gasteiger partial charge in [0, 0.05) is 13.0 Å². The molecule has 1 amide bonds. The van der Waals surface area contributed by atoms with E-state index in [-0.39, 0.29) is 12.8 Å². The lowest BCUT2D eigenvalue weighted by molar-refractivity contribution is -0.139. The van der Waals surface area contributed by atoms with Gasteiger partial charge in [0.2, 0.25) is 0 Å². The summed E-state index contributed by atoms with van der Waals surface area (Å²) < 4.78 is 35.6. The highest BCUT2D eigenvalue weighted by Gasteiger charge is 2.27. The molecule has 1 atom stereocenters. The van der Waals surface area contributed by atoms with E-state index in [9.17, 15) is 18.0 Å². The number of hydrogen-bond donors (Lipinski definition) is 2. The number of rotatable bonds is 7. The minimum absolute atomic E-state index is 0.00182. The van der Waals surface area contributed by atoms with Crippen LogP contribution >= 0.6 is 0 Å². The van der Waals surface area contributed by atoms with Crippen LogP contribution in [0.25, 0.3) is 0 Å². The second-order valence-electron chi connectivity index (χ2n) is 4.00. The van der Waals surface area contributed by atoms with Gasteiger partial charge in [-0.3, -0.25) is 9.80 Å². The Kier molecular flexibility index (Phi) is 7.13. The van der Waals surface area contributed by atoms with Crippen molar-refractivity contribution >= 4 is 5.91 Å². The van der Waals surface area contributed by atoms with Crippen molar-refractivity contribution < 1.29 is 18.0 Å². The number of carbonyl (C=O) groups excluding carboxylic acids is 1. The van der Waals surface area contributed by atoms with Crippen molar-refractivity contribution in [2.75, 3.05) is 6.54 Å². The predicted molar refractivity (Wildman–Crippen MR) is 58.7 cm³/mol. The van der Waals surface area contributed by atoms with Gasteiger partial charge in [-0.1, -0.05) is 13.3 Å². The molecule has 0 aromatic carbocycles. The van der Waals surface area contributed by atoms with E-state index in [1.54, 1.807) is 0 Å². The fourth-order valence-corrected chi connectivity index (χ4v) is 1.30. The van der Waals surface area contributed by atoms with E-state index in [1.807, 2.05) is 6.92 Å².